The minimum atomic E-state index is -0.589. The standard InChI is InChI=1S/C25H23ClN2O4/c1-3-32-22-10-7-16(15-27-22)20-9-8-19(14-21(20)23(29)31-2)28-24(30)25(11-12-25)17-5-4-6-18(26)13-17/h4-10,13-15H,3,11-12H2,1-2H3,(H,28,30). The molecule has 1 N–H and O–H groups in total. The van der Waals surface area contributed by atoms with Crippen molar-refractivity contribution in [2.45, 2.75) is 25.2 Å². The molecule has 3 aromatic rings. The topological polar surface area (TPSA) is 77.5 Å². The molecule has 1 aliphatic carbocycles. The number of methoxy groups -OCH3 is 1. The molecule has 164 valence electrons. The molecule has 1 fully saturated rings. The first-order chi connectivity index (χ1) is 15.5. The molecule has 1 amide bonds. The summed E-state index contributed by atoms with van der Waals surface area (Å²) in [4.78, 5) is 29.9. The number of nitrogens with zero attached hydrogens (tertiary/aromatic N) is 1. The molecule has 32 heavy (non-hydrogen) atoms. The second-order valence-electron chi connectivity index (χ2n) is 7.62. The van der Waals surface area contributed by atoms with Crippen LogP contribution >= 0.6 is 11.6 Å². The number of pyridine rings is 1. The molecule has 0 bridgehead atoms. The Morgan fingerprint density at radius 1 is 1.12 bits per heavy atom. The summed E-state index contributed by atoms with van der Waals surface area (Å²) < 4.78 is 10.4. The summed E-state index contributed by atoms with van der Waals surface area (Å²) in [6.45, 7) is 2.40. The predicted octanol–water partition coefficient (Wildman–Crippen LogP) is 5.26. The average molecular weight is 451 g/mol. The molecular formula is C25H23ClN2O4. The first-order valence-corrected chi connectivity index (χ1v) is 10.7. The number of esters is 1. The molecule has 0 unspecified atom stereocenters. The van der Waals surface area contributed by atoms with Gasteiger partial charge in [-0.25, -0.2) is 9.78 Å². The van der Waals surface area contributed by atoms with E-state index in [0.717, 1.165) is 24.0 Å². The smallest absolute Gasteiger partial charge is 0.338 e. The third-order valence-electron chi connectivity index (χ3n) is 5.58. The Bertz CT molecular complexity index is 1160. The molecule has 1 heterocycles. The summed E-state index contributed by atoms with van der Waals surface area (Å²) >= 11 is 6.12. The maximum absolute atomic E-state index is 13.1. The molecule has 0 spiro atoms. The van der Waals surface area contributed by atoms with E-state index >= 15 is 0 Å². The van der Waals surface area contributed by atoms with Crippen molar-refractivity contribution >= 4 is 29.2 Å². The fourth-order valence-electron chi connectivity index (χ4n) is 3.73. The fraction of sp³-hybridized carbons (Fsp3) is 0.240. The molecule has 0 radical (unpaired) electrons. The number of hydrogen-bond donors (Lipinski definition) is 1. The monoisotopic (exact) mass is 450 g/mol. The van der Waals surface area contributed by atoms with Crippen molar-refractivity contribution < 1.29 is 19.1 Å². The molecule has 0 atom stereocenters. The van der Waals surface area contributed by atoms with Crippen LogP contribution in [0.5, 0.6) is 5.88 Å². The van der Waals surface area contributed by atoms with E-state index in [2.05, 4.69) is 10.3 Å². The fourth-order valence-corrected chi connectivity index (χ4v) is 3.92. The van der Waals surface area contributed by atoms with Gasteiger partial charge in [0.15, 0.2) is 0 Å². The lowest BCUT2D eigenvalue weighted by atomic mass is 9.94. The molecule has 1 aromatic heterocycles. The highest BCUT2D eigenvalue weighted by molar-refractivity contribution is 6.30. The number of ether oxygens (including phenoxy) is 2. The Kier molecular flexibility index (Phi) is 6.15. The Morgan fingerprint density at radius 2 is 1.94 bits per heavy atom. The Balaban J connectivity index is 1.62. The quantitative estimate of drug-likeness (QED) is 0.497. The van der Waals surface area contributed by atoms with Crippen LogP contribution in [-0.4, -0.2) is 30.6 Å². The van der Waals surface area contributed by atoms with Gasteiger partial charge < -0.3 is 14.8 Å². The lowest BCUT2D eigenvalue weighted by Crippen LogP contribution is -2.28. The average Bonchev–Trinajstić information content (AvgIpc) is 3.62. The van der Waals surface area contributed by atoms with E-state index < -0.39 is 11.4 Å². The largest absolute Gasteiger partial charge is 0.478 e. The van der Waals surface area contributed by atoms with Gasteiger partial charge in [-0.3, -0.25) is 4.79 Å². The van der Waals surface area contributed by atoms with Gasteiger partial charge in [-0.05, 0) is 61.2 Å². The Morgan fingerprint density at radius 3 is 2.56 bits per heavy atom. The summed E-state index contributed by atoms with van der Waals surface area (Å²) in [5.41, 5.74) is 2.56. The van der Waals surface area contributed by atoms with E-state index in [-0.39, 0.29) is 5.91 Å². The maximum Gasteiger partial charge on any atom is 0.338 e. The minimum absolute atomic E-state index is 0.119. The van der Waals surface area contributed by atoms with Crippen LogP contribution in [0.2, 0.25) is 5.02 Å². The zero-order chi connectivity index (χ0) is 22.7. The number of anilines is 1. The molecule has 1 aliphatic rings. The van der Waals surface area contributed by atoms with E-state index in [1.54, 1.807) is 36.5 Å². The number of aromatic nitrogens is 1. The first-order valence-electron chi connectivity index (χ1n) is 10.4. The van der Waals surface area contributed by atoms with Crippen LogP contribution < -0.4 is 10.1 Å². The first kappa shape index (κ1) is 21.8. The Hall–Kier alpha value is -3.38. The SMILES string of the molecule is CCOc1ccc(-c2ccc(NC(=O)C3(c4cccc(Cl)c4)CC3)cc2C(=O)OC)cn1. The number of halogens is 1. The van der Waals surface area contributed by atoms with Gasteiger partial charge in [0.25, 0.3) is 0 Å². The van der Waals surface area contributed by atoms with Gasteiger partial charge in [0.05, 0.1) is 24.7 Å². The van der Waals surface area contributed by atoms with E-state index in [9.17, 15) is 9.59 Å². The summed E-state index contributed by atoms with van der Waals surface area (Å²) in [5, 5.41) is 3.56. The van der Waals surface area contributed by atoms with Crippen LogP contribution in [0.15, 0.2) is 60.8 Å². The van der Waals surface area contributed by atoms with Crippen LogP contribution in [-0.2, 0) is 14.9 Å². The van der Waals surface area contributed by atoms with Gasteiger partial charge in [-0.2, -0.15) is 0 Å². The van der Waals surface area contributed by atoms with Crippen molar-refractivity contribution in [2.75, 3.05) is 19.0 Å². The van der Waals surface area contributed by atoms with Crippen LogP contribution in [0.3, 0.4) is 0 Å². The summed E-state index contributed by atoms with van der Waals surface area (Å²) in [5.74, 6) is -0.109. The third kappa shape index (κ3) is 4.32. The number of hydrogen-bond acceptors (Lipinski definition) is 5. The van der Waals surface area contributed by atoms with Crippen molar-refractivity contribution in [3.8, 4) is 17.0 Å². The van der Waals surface area contributed by atoms with Gasteiger partial charge in [0, 0.05) is 28.5 Å². The molecule has 2 aromatic carbocycles. The molecule has 4 rings (SSSR count). The highest BCUT2D eigenvalue weighted by atomic mass is 35.5. The van der Waals surface area contributed by atoms with E-state index in [1.165, 1.54) is 7.11 Å². The van der Waals surface area contributed by atoms with Crippen LogP contribution in [0, 0.1) is 0 Å². The van der Waals surface area contributed by atoms with Crippen molar-refractivity contribution in [3.63, 3.8) is 0 Å². The number of amides is 1. The van der Waals surface area contributed by atoms with Crippen molar-refractivity contribution in [1.82, 2.24) is 4.98 Å². The molecule has 0 saturated heterocycles. The van der Waals surface area contributed by atoms with Crippen LogP contribution in [0.25, 0.3) is 11.1 Å². The van der Waals surface area contributed by atoms with Gasteiger partial charge in [0.2, 0.25) is 11.8 Å². The van der Waals surface area contributed by atoms with Crippen LogP contribution in [0.4, 0.5) is 5.69 Å². The van der Waals surface area contributed by atoms with Gasteiger partial charge in [-0.15, -0.1) is 0 Å². The summed E-state index contributed by atoms with van der Waals surface area (Å²) in [6, 6.07) is 16.1. The van der Waals surface area contributed by atoms with E-state index in [4.69, 9.17) is 21.1 Å². The predicted molar refractivity (Wildman–Crippen MR) is 123 cm³/mol. The second-order valence-corrected chi connectivity index (χ2v) is 8.05. The van der Waals surface area contributed by atoms with Crippen LogP contribution in [0.1, 0.15) is 35.7 Å². The minimum Gasteiger partial charge on any atom is -0.478 e. The number of benzene rings is 2. The molecule has 7 heteroatoms. The summed E-state index contributed by atoms with van der Waals surface area (Å²) in [6.07, 6.45) is 3.14. The number of rotatable bonds is 7. The third-order valence-corrected chi connectivity index (χ3v) is 5.82. The van der Waals surface area contributed by atoms with E-state index in [0.29, 0.717) is 34.3 Å². The van der Waals surface area contributed by atoms with E-state index in [1.807, 2.05) is 31.2 Å². The van der Waals surface area contributed by atoms with Gasteiger partial charge >= 0.3 is 5.97 Å². The maximum atomic E-state index is 13.1. The Labute approximate surface area is 191 Å². The van der Waals surface area contributed by atoms with Crippen molar-refractivity contribution in [1.29, 1.82) is 0 Å². The summed E-state index contributed by atoms with van der Waals surface area (Å²) in [7, 11) is 1.33. The molecular weight excluding hydrogens is 428 g/mol. The van der Waals surface area contributed by atoms with Gasteiger partial charge in [-0.1, -0.05) is 29.8 Å². The lowest BCUT2D eigenvalue weighted by molar-refractivity contribution is -0.118. The number of carbonyl (C=O) groups is 2. The zero-order valence-electron chi connectivity index (χ0n) is 17.9. The van der Waals surface area contributed by atoms with Crippen molar-refractivity contribution in [3.05, 3.63) is 76.9 Å². The number of nitrogens with one attached hydrogen (secondary N) is 1. The highest BCUT2D eigenvalue weighted by Crippen LogP contribution is 2.49. The highest BCUT2D eigenvalue weighted by Gasteiger charge is 2.51. The molecule has 6 nitrogen and oxygen atoms in total. The zero-order valence-corrected chi connectivity index (χ0v) is 18.6. The second kappa shape index (κ2) is 9.01. The lowest BCUT2D eigenvalue weighted by Gasteiger charge is -2.17. The van der Waals surface area contributed by atoms with Gasteiger partial charge in [0.1, 0.15) is 0 Å². The van der Waals surface area contributed by atoms with Crippen molar-refractivity contribution in [2.24, 2.45) is 0 Å². The number of carbonyl (C=O) groups excluding carboxylic acids is 2. The molecule has 1 saturated carbocycles. The normalized spacial score (nSPS) is 13.8. The molecule has 0 aliphatic heterocycles.